The molecule has 5 aliphatic rings. The van der Waals surface area contributed by atoms with Crippen LogP contribution in [0.1, 0.15) is 79.3 Å². The van der Waals surface area contributed by atoms with Gasteiger partial charge in [0.25, 0.3) is 5.91 Å². The minimum Gasteiger partial charge on any atom is -0.455 e. The molecule has 1 amide bonds. The zero-order valence-corrected chi connectivity index (χ0v) is 39.8. The zero-order valence-electron chi connectivity index (χ0n) is 39.8. The maximum atomic E-state index is 15.2. The quantitative estimate of drug-likeness (QED) is 0.0699. The van der Waals surface area contributed by atoms with Crippen LogP contribution in [0.5, 0.6) is 0 Å². The number of aliphatic hydroxyl groups is 3. The molecule has 3 aromatic carbocycles. The Hall–Kier alpha value is -5.33. The van der Waals surface area contributed by atoms with Crippen molar-refractivity contribution in [3.63, 3.8) is 0 Å². The summed E-state index contributed by atoms with van der Waals surface area (Å²) in [6, 6.07) is 24.1. The van der Waals surface area contributed by atoms with E-state index < -0.39 is 82.7 Å². The largest absolute Gasteiger partial charge is 0.455 e. The zero-order chi connectivity index (χ0) is 49.1. The lowest BCUT2D eigenvalue weighted by Crippen LogP contribution is -2.73. The Bertz CT molecular complexity index is 2360. The normalized spacial score (nSPS) is 29.7. The minimum atomic E-state index is -2.01. The van der Waals surface area contributed by atoms with Gasteiger partial charge in [-0.25, -0.2) is 9.59 Å². The van der Waals surface area contributed by atoms with Crippen LogP contribution in [0.2, 0.25) is 0 Å². The highest BCUT2D eigenvalue weighted by Crippen LogP contribution is 2.62. The summed E-state index contributed by atoms with van der Waals surface area (Å²) in [6.45, 7) is 10.7. The van der Waals surface area contributed by atoms with Gasteiger partial charge in [-0.1, -0.05) is 86.2 Å². The van der Waals surface area contributed by atoms with Crippen molar-refractivity contribution in [3.8, 4) is 0 Å². The second-order valence-electron chi connectivity index (χ2n) is 19.8. The Balaban J connectivity index is 1.14. The second kappa shape index (κ2) is 20.9. The van der Waals surface area contributed by atoms with Gasteiger partial charge in [0.05, 0.1) is 56.2 Å². The van der Waals surface area contributed by atoms with E-state index in [1.54, 1.807) is 119 Å². The van der Waals surface area contributed by atoms with E-state index in [-0.39, 0.29) is 62.9 Å². The molecule has 1 unspecified atom stereocenters. The molecule has 370 valence electrons. The van der Waals surface area contributed by atoms with E-state index in [2.05, 4.69) is 10.2 Å². The first-order valence-corrected chi connectivity index (χ1v) is 24.0. The molecule has 16 heteroatoms. The summed E-state index contributed by atoms with van der Waals surface area (Å²) in [4.78, 5) is 76.5. The number of piperazine rings is 1. The van der Waals surface area contributed by atoms with Gasteiger partial charge in [0.2, 0.25) is 6.10 Å². The van der Waals surface area contributed by atoms with Crippen LogP contribution >= 0.6 is 0 Å². The Morgan fingerprint density at radius 1 is 0.855 bits per heavy atom. The van der Waals surface area contributed by atoms with Crippen LogP contribution in [0.15, 0.2) is 102 Å². The van der Waals surface area contributed by atoms with E-state index in [1.807, 2.05) is 4.90 Å². The van der Waals surface area contributed by atoms with Crippen molar-refractivity contribution in [1.82, 2.24) is 15.1 Å². The van der Waals surface area contributed by atoms with E-state index in [0.29, 0.717) is 61.6 Å². The molecule has 3 aromatic rings. The summed E-state index contributed by atoms with van der Waals surface area (Å²) in [5.41, 5.74) is -2.81. The first-order valence-electron chi connectivity index (χ1n) is 24.0. The molecule has 8 rings (SSSR count). The van der Waals surface area contributed by atoms with Gasteiger partial charge >= 0.3 is 17.9 Å². The smallest absolute Gasteiger partial charge is 0.350 e. The number of aliphatic hydroxyl groups excluding tert-OH is 2. The number of carbonyl (C=O) groups excluding carboxylic acids is 5. The summed E-state index contributed by atoms with van der Waals surface area (Å²) in [5, 5.41) is 37.5. The van der Waals surface area contributed by atoms with E-state index in [1.165, 1.54) is 0 Å². The molecule has 2 bridgehead atoms. The number of ether oxygens (including phenoxy) is 5. The number of fused-ring (bicyclic) bond motifs is 5. The van der Waals surface area contributed by atoms with Crippen molar-refractivity contribution in [2.75, 3.05) is 65.7 Å². The average Bonchev–Trinajstić information content (AvgIpc) is 3.34. The third kappa shape index (κ3) is 10.0. The number of nitrogens with one attached hydrogen (secondary N) is 1. The van der Waals surface area contributed by atoms with Crippen LogP contribution in [-0.2, 0) is 38.1 Å². The topological polar surface area (TPSA) is 211 Å². The molecule has 2 saturated heterocycles. The third-order valence-electron chi connectivity index (χ3n) is 15.7. The Labute approximate surface area is 402 Å². The number of amides is 1. The summed E-state index contributed by atoms with van der Waals surface area (Å²) in [6.07, 6.45) is -6.31. The van der Waals surface area contributed by atoms with E-state index >= 15 is 4.79 Å². The standard InChI is InChI=1S/C53H65N3O13/c1-33-38-28-41(58)52(4)42(59)29-39-37(32-66-39)44(52)47(69-49(62)36-18-12-7-13-19-36)53(64,51(38,2)3)30-40(33)67-50(63)46(68-43(60)31-56-22-20-55(21-23-56)24-26-65-27-25-57)45(34-14-8-5-9-15-34)54-48(61)35-16-10-6-11-17-35/h5-19,37,39-40,42,44-47,57,59,64H,20-32H2,1-4H3,(H,54,61)/t37?,39-,40+,42+,44+,45+,46-,47+,52-,53-/m1/s1. The lowest BCUT2D eigenvalue weighted by atomic mass is 9.46. The van der Waals surface area contributed by atoms with Crippen LogP contribution in [0.3, 0.4) is 0 Å². The van der Waals surface area contributed by atoms with Gasteiger partial charge in [-0.05, 0) is 49.2 Å². The van der Waals surface area contributed by atoms with E-state index in [4.69, 9.17) is 28.8 Å². The molecule has 10 atom stereocenters. The molecular formula is C53H65N3O13. The number of ketones is 1. The molecular weight excluding hydrogens is 887 g/mol. The molecule has 69 heavy (non-hydrogen) atoms. The van der Waals surface area contributed by atoms with Crippen LogP contribution in [-0.4, -0.2) is 157 Å². The highest BCUT2D eigenvalue weighted by Gasteiger charge is 2.70. The summed E-state index contributed by atoms with van der Waals surface area (Å²) < 4.78 is 30.5. The Morgan fingerprint density at radius 3 is 2.10 bits per heavy atom. The monoisotopic (exact) mass is 951 g/mol. The molecule has 0 radical (unpaired) electrons. The lowest BCUT2D eigenvalue weighted by Gasteiger charge is -2.63. The highest BCUT2D eigenvalue weighted by atomic mass is 16.6. The van der Waals surface area contributed by atoms with E-state index in [0.717, 1.165) is 0 Å². The molecule has 4 fully saturated rings. The van der Waals surface area contributed by atoms with Crippen molar-refractivity contribution in [1.29, 1.82) is 0 Å². The first-order chi connectivity index (χ1) is 33.1. The predicted octanol–water partition coefficient (Wildman–Crippen LogP) is 3.69. The molecule has 4 N–H and O–H groups in total. The van der Waals surface area contributed by atoms with Gasteiger partial charge in [-0.15, -0.1) is 0 Å². The number of nitrogens with zero attached hydrogens (tertiary/aromatic N) is 2. The van der Waals surface area contributed by atoms with Gasteiger partial charge in [-0.2, -0.15) is 0 Å². The minimum absolute atomic E-state index is 0.0552. The molecule has 2 aliphatic heterocycles. The lowest BCUT2D eigenvalue weighted by molar-refractivity contribution is -0.274. The van der Waals surface area contributed by atoms with Crippen LogP contribution < -0.4 is 5.32 Å². The van der Waals surface area contributed by atoms with Crippen molar-refractivity contribution in [2.45, 2.75) is 89.1 Å². The first kappa shape index (κ1) is 50.1. The summed E-state index contributed by atoms with van der Waals surface area (Å²) in [5.74, 6) is -4.59. The van der Waals surface area contributed by atoms with Gasteiger partial charge < -0.3 is 44.3 Å². The number of rotatable bonds is 16. The van der Waals surface area contributed by atoms with E-state index in [9.17, 15) is 29.4 Å². The molecule has 16 nitrogen and oxygen atoms in total. The van der Waals surface area contributed by atoms with Crippen molar-refractivity contribution in [3.05, 3.63) is 119 Å². The molecule has 0 spiro atoms. The summed E-state index contributed by atoms with van der Waals surface area (Å²) in [7, 11) is 0. The van der Waals surface area contributed by atoms with Crippen LogP contribution in [0.25, 0.3) is 0 Å². The molecule has 3 aliphatic carbocycles. The fourth-order valence-corrected chi connectivity index (χ4v) is 11.3. The third-order valence-corrected chi connectivity index (χ3v) is 15.7. The number of hydrogen-bond donors (Lipinski definition) is 4. The fraction of sp³-hybridized carbons (Fsp3) is 0.528. The van der Waals surface area contributed by atoms with Gasteiger partial charge in [0.15, 0.2) is 0 Å². The second-order valence-corrected chi connectivity index (χ2v) is 19.8. The predicted molar refractivity (Wildman–Crippen MR) is 250 cm³/mol. The Kier molecular flexibility index (Phi) is 15.2. The summed E-state index contributed by atoms with van der Waals surface area (Å²) >= 11 is 0. The molecule has 0 aromatic heterocycles. The Morgan fingerprint density at radius 2 is 1.48 bits per heavy atom. The molecule has 2 saturated carbocycles. The van der Waals surface area contributed by atoms with Crippen molar-refractivity contribution < 1.29 is 63.0 Å². The number of benzene rings is 3. The maximum Gasteiger partial charge on any atom is 0.350 e. The fourth-order valence-electron chi connectivity index (χ4n) is 11.3. The number of carbonyl (C=O) groups is 5. The van der Waals surface area contributed by atoms with Crippen LogP contribution in [0.4, 0.5) is 0 Å². The number of hydrogen-bond acceptors (Lipinski definition) is 15. The van der Waals surface area contributed by atoms with Gasteiger partial charge in [-0.3, -0.25) is 24.2 Å². The number of Topliss-reactive ketones (excluding diaryl/α,β-unsaturated/α-hetero) is 1. The molecule has 2 heterocycles. The van der Waals surface area contributed by atoms with Crippen LogP contribution in [0, 0.1) is 22.7 Å². The van der Waals surface area contributed by atoms with Crippen molar-refractivity contribution >= 4 is 29.6 Å². The maximum absolute atomic E-state index is 15.2. The number of esters is 3. The highest BCUT2D eigenvalue weighted by molar-refractivity contribution is 5.95. The van der Waals surface area contributed by atoms with Gasteiger partial charge in [0, 0.05) is 74.8 Å². The van der Waals surface area contributed by atoms with Gasteiger partial charge in [0.1, 0.15) is 29.6 Å². The van der Waals surface area contributed by atoms with Crippen molar-refractivity contribution in [2.24, 2.45) is 22.7 Å². The average molecular weight is 952 g/mol. The SMILES string of the molecule is CC1=C2CC(=O)[C@]3(C)[C@@H](O)C[C@H]4OCC4[C@H]3[C@H](OC(=O)c3ccccc3)[C@](O)(C[C@@H]1OC(=O)[C@H](OC(=O)CN1CCN(CCOCCO)CC1)[C@@H](NC(=O)c1ccccc1)c1ccccc1)C2(C)C.